The van der Waals surface area contributed by atoms with Gasteiger partial charge in [0.15, 0.2) is 0 Å². The number of nitrogens with one attached hydrogen (secondary N) is 1. The zero-order valence-corrected chi connectivity index (χ0v) is 12.7. The van der Waals surface area contributed by atoms with E-state index in [1.54, 1.807) is 0 Å². The molecule has 1 rings (SSSR count). The molecule has 0 fully saturated rings. The van der Waals surface area contributed by atoms with E-state index < -0.39 is 0 Å². The maximum absolute atomic E-state index is 12.1. The average molecular weight is 273 g/mol. The number of carbonyl (C=O) groups is 1. The fraction of sp³-hybridized carbons (Fsp3) is 0.471. The number of rotatable bonds is 4. The van der Waals surface area contributed by atoms with E-state index in [-0.39, 0.29) is 24.0 Å². The van der Waals surface area contributed by atoms with E-state index in [0.29, 0.717) is 0 Å². The monoisotopic (exact) mass is 273 g/mol. The van der Waals surface area contributed by atoms with Gasteiger partial charge in [-0.2, -0.15) is 0 Å². The fourth-order valence-electron chi connectivity index (χ4n) is 1.63. The SMILES string of the molecule is CCC(C)(C)C(=O)NC(C)c1ccc(C#CCO)cc1. The van der Waals surface area contributed by atoms with Crippen molar-refractivity contribution in [2.24, 2.45) is 5.41 Å². The zero-order valence-electron chi connectivity index (χ0n) is 12.7. The van der Waals surface area contributed by atoms with E-state index in [1.807, 2.05) is 52.0 Å². The van der Waals surface area contributed by atoms with Crippen LogP contribution in [0.15, 0.2) is 24.3 Å². The number of aliphatic hydroxyl groups excluding tert-OH is 1. The second-order valence-corrected chi connectivity index (χ2v) is 5.51. The van der Waals surface area contributed by atoms with Crippen molar-refractivity contribution in [2.45, 2.75) is 40.2 Å². The Morgan fingerprint density at radius 3 is 2.45 bits per heavy atom. The van der Waals surface area contributed by atoms with Crippen molar-refractivity contribution in [1.82, 2.24) is 5.32 Å². The molecule has 0 aliphatic rings. The molecule has 0 saturated heterocycles. The smallest absolute Gasteiger partial charge is 0.226 e. The van der Waals surface area contributed by atoms with Gasteiger partial charge in [0.2, 0.25) is 5.91 Å². The van der Waals surface area contributed by atoms with Crippen LogP contribution in [0.25, 0.3) is 0 Å². The summed E-state index contributed by atoms with van der Waals surface area (Å²) in [6.07, 6.45) is 0.807. The summed E-state index contributed by atoms with van der Waals surface area (Å²) in [6, 6.07) is 7.65. The molecule has 1 atom stereocenters. The van der Waals surface area contributed by atoms with Crippen LogP contribution in [0.5, 0.6) is 0 Å². The molecule has 0 bridgehead atoms. The molecule has 0 heterocycles. The molecule has 1 aromatic carbocycles. The Kier molecular flexibility index (Phi) is 5.79. The lowest BCUT2D eigenvalue weighted by Gasteiger charge is -2.24. The van der Waals surface area contributed by atoms with Gasteiger partial charge in [0.05, 0.1) is 6.04 Å². The number of benzene rings is 1. The number of hydrogen-bond donors (Lipinski definition) is 2. The summed E-state index contributed by atoms with van der Waals surface area (Å²) in [5.74, 6) is 5.52. The topological polar surface area (TPSA) is 49.3 Å². The van der Waals surface area contributed by atoms with Crippen molar-refractivity contribution >= 4 is 5.91 Å². The molecule has 1 amide bonds. The molecular formula is C17H23NO2. The van der Waals surface area contributed by atoms with Crippen LogP contribution in [-0.2, 0) is 4.79 Å². The lowest BCUT2D eigenvalue weighted by Crippen LogP contribution is -2.37. The first-order valence-corrected chi connectivity index (χ1v) is 6.91. The maximum Gasteiger partial charge on any atom is 0.226 e. The van der Waals surface area contributed by atoms with Crippen LogP contribution in [0, 0.1) is 17.3 Å². The van der Waals surface area contributed by atoms with Crippen molar-refractivity contribution in [3.05, 3.63) is 35.4 Å². The van der Waals surface area contributed by atoms with Crippen LogP contribution < -0.4 is 5.32 Å². The van der Waals surface area contributed by atoms with E-state index in [9.17, 15) is 4.79 Å². The molecule has 1 unspecified atom stereocenters. The first kappa shape index (κ1) is 16.3. The van der Waals surface area contributed by atoms with Gasteiger partial charge >= 0.3 is 0 Å². The van der Waals surface area contributed by atoms with Gasteiger partial charge in [-0.05, 0) is 31.0 Å². The molecule has 3 heteroatoms. The lowest BCUT2D eigenvalue weighted by molar-refractivity contribution is -0.130. The van der Waals surface area contributed by atoms with Crippen molar-refractivity contribution in [1.29, 1.82) is 0 Å². The summed E-state index contributed by atoms with van der Waals surface area (Å²) in [7, 11) is 0. The number of carbonyl (C=O) groups excluding carboxylic acids is 1. The predicted octanol–water partition coefficient (Wildman–Crippen LogP) is 2.64. The summed E-state index contributed by atoms with van der Waals surface area (Å²) < 4.78 is 0. The molecule has 0 saturated carbocycles. The summed E-state index contributed by atoms with van der Waals surface area (Å²) in [5.41, 5.74) is 1.55. The van der Waals surface area contributed by atoms with Gasteiger partial charge in [-0.25, -0.2) is 0 Å². The third kappa shape index (κ3) is 4.40. The highest BCUT2D eigenvalue weighted by Gasteiger charge is 2.26. The Morgan fingerprint density at radius 2 is 1.95 bits per heavy atom. The number of hydrogen-bond acceptors (Lipinski definition) is 2. The van der Waals surface area contributed by atoms with Crippen LogP contribution in [0.4, 0.5) is 0 Å². The second kappa shape index (κ2) is 7.12. The molecule has 2 N–H and O–H groups in total. The summed E-state index contributed by atoms with van der Waals surface area (Å²) in [4.78, 5) is 12.1. The van der Waals surface area contributed by atoms with Crippen LogP contribution >= 0.6 is 0 Å². The van der Waals surface area contributed by atoms with Crippen LogP contribution in [0.3, 0.4) is 0 Å². The Bertz CT molecular complexity index is 506. The van der Waals surface area contributed by atoms with E-state index >= 15 is 0 Å². The van der Waals surface area contributed by atoms with Gasteiger partial charge in [0.25, 0.3) is 0 Å². The Hall–Kier alpha value is -1.79. The Morgan fingerprint density at radius 1 is 1.35 bits per heavy atom. The van der Waals surface area contributed by atoms with Gasteiger partial charge in [0, 0.05) is 11.0 Å². The minimum absolute atomic E-state index is 0.0341. The standard InChI is InChI=1S/C17H23NO2/c1-5-17(3,4)16(20)18-13(2)15-10-8-14(9-11-15)7-6-12-19/h8-11,13,19H,5,12H2,1-4H3,(H,18,20). The third-order valence-electron chi connectivity index (χ3n) is 3.57. The first-order chi connectivity index (χ1) is 9.40. The number of amides is 1. The van der Waals surface area contributed by atoms with Crippen LogP contribution in [-0.4, -0.2) is 17.6 Å². The minimum atomic E-state index is -0.346. The van der Waals surface area contributed by atoms with Gasteiger partial charge in [0.1, 0.15) is 6.61 Å². The molecule has 0 radical (unpaired) electrons. The average Bonchev–Trinajstić information content (AvgIpc) is 2.45. The van der Waals surface area contributed by atoms with Crippen molar-refractivity contribution in [3.8, 4) is 11.8 Å². The van der Waals surface area contributed by atoms with Crippen molar-refractivity contribution in [3.63, 3.8) is 0 Å². The van der Waals surface area contributed by atoms with E-state index in [1.165, 1.54) is 0 Å². The molecule has 1 aromatic rings. The van der Waals surface area contributed by atoms with Crippen LogP contribution in [0.2, 0.25) is 0 Å². The molecule has 0 aliphatic carbocycles. The summed E-state index contributed by atoms with van der Waals surface area (Å²) in [6.45, 7) is 7.74. The molecule has 20 heavy (non-hydrogen) atoms. The molecular weight excluding hydrogens is 250 g/mol. The molecule has 0 aliphatic heterocycles. The molecule has 3 nitrogen and oxygen atoms in total. The Labute approximate surface area is 121 Å². The summed E-state index contributed by atoms with van der Waals surface area (Å²) in [5, 5.41) is 11.7. The highest BCUT2D eigenvalue weighted by atomic mass is 16.2. The zero-order chi connectivity index (χ0) is 15.2. The van der Waals surface area contributed by atoms with Crippen LogP contribution in [0.1, 0.15) is 51.3 Å². The normalized spacial score (nSPS) is 12.2. The van der Waals surface area contributed by atoms with Crippen molar-refractivity contribution < 1.29 is 9.90 Å². The lowest BCUT2D eigenvalue weighted by atomic mass is 9.88. The quantitative estimate of drug-likeness (QED) is 0.829. The number of aliphatic hydroxyl groups is 1. The summed E-state index contributed by atoms with van der Waals surface area (Å²) >= 11 is 0. The predicted molar refractivity (Wildman–Crippen MR) is 81.0 cm³/mol. The van der Waals surface area contributed by atoms with Gasteiger partial charge in [-0.3, -0.25) is 4.79 Å². The fourth-order valence-corrected chi connectivity index (χ4v) is 1.63. The van der Waals surface area contributed by atoms with E-state index in [4.69, 9.17) is 5.11 Å². The molecule has 0 spiro atoms. The maximum atomic E-state index is 12.1. The first-order valence-electron chi connectivity index (χ1n) is 6.91. The Balaban J connectivity index is 2.73. The van der Waals surface area contributed by atoms with Gasteiger partial charge < -0.3 is 10.4 Å². The molecule has 0 aromatic heterocycles. The largest absolute Gasteiger partial charge is 0.384 e. The highest BCUT2D eigenvalue weighted by molar-refractivity contribution is 5.82. The second-order valence-electron chi connectivity index (χ2n) is 5.51. The minimum Gasteiger partial charge on any atom is -0.384 e. The van der Waals surface area contributed by atoms with Gasteiger partial charge in [-0.15, -0.1) is 0 Å². The van der Waals surface area contributed by atoms with E-state index in [2.05, 4.69) is 17.2 Å². The van der Waals surface area contributed by atoms with Crippen molar-refractivity contribution in [2.75, 3.05) is 6.61 Å². The van der Waals surface area contributed by atoms with Gasteiger partial charge in [-0.1, -0.05) is 44.7 Å². The van der Waals surface area contributed by atoms with E-state index in [0.717, 1.165) is 17.5 Å². The third-order valence-corrected chi connectivity index (χ3v) is 3.57. The molecule has 108 valence electrons. The highest BCUT2D eigenvalue weighted by Crippen LogP contribution is 2.22.